The fourth-order valence-electron chi connectivity index (χ4n) is 3.85. The molecule has 1 aliphatic rings. The normalized spacial score (nSPS) is 15.2. The first kappa shape index (κ1) is 20.3. The van der Waals surface area contributed by atoms with Gasteiger partial charge in [0.1, 0.15) is 0 Å². The number of anilines is 1. The monoisotopic (exact) mass is 403 g/mol. The zero-order valence-corrected chi connectivity index (χ0v) is 17.5. The molecular weight excluding hydrogens is 374 g/mol. The van der Waals surface area contributed by atoms with Gasteiger partial charge in [0.15, 0.2) is 0 Å². The summed E-state index contributed by atoms with van der Waals surface area (Å²) >= 11 is 0. The highest BCUT2D eigenvalue weighted by Crippen LogP contribution is 2.14. The molecule has 6 nitrogen and oxygen atoms in total. The molecule has 1 aliphatic heterocycles. The highest BCUT2D eigenvalue weighted by atomic mass is 16.1. The van der Waals surface area contributed by atoms with Crippen molar-refractivity contribution in [2.75, 3.05) is 31.5 Å². The number of hydrogen-bond acceptors (Lipinski definition) is 4. The predicted octanol–water partition coefficient (Wildman–Crippen LogP) is 2.92. The fraction of sp³-hybridized carbons (Fsp3) is 0.333. The molecule has 1 fully saturated rings. The van der Waals surface area contributed by atoms with E-state index in [-0.39, 0.29) is 5.91 Å². The molecule has 1 aromatic heterocycles. The van der Waals surface area contributed by atoms with Crippen LogP contribution in [-0.2, 0) is 31.4 Å². The van der Waals surface area contributed by atoms with Crippen LogP contribution in [0, 0.1) is 0 Å². The Kier molecular flexibility index (Phi) is 6.57. The number of hydrogen-bond donors (Lipinski definition) is 1. The number of nitrogens with one attached hydrogen (secondary N) is 1. The van der Waals surface area contributed by atoms with E-state index < -0.39 is 0 Å². The molecule has 4 rings (SSSR count). The Hall–Kier alpha value is -2.96. The molecule has 0 atom stereocenters. The summed E-state index contributed by atoms with van der Waals surface area (Å²) in [7, 11) is 1.85. The van der Waals surface area contributed by atoms with E-state index >= 15 is 0 Å². The zero-order valence-electron chi connectivity index (χ0n) is 17.5. The maximum Gasteiger partial charge on any atom is 0.228 e. The molecule has 3 aromatic rings. The minimum absolute atomic E-state index is 0.0229. The number of piperazine rings is 1. The van der Waals surface area contributed by atoms with Gasteiger partial charge >= 0.3 is 0 Å². The average molecular weight is 404 g/mol. The number of nitrogens with zero attached hydrogens (tertiary/aromatic N) is 4. The molecule has 0 aliphatic carbocycles. The quantitative estimate of drug-likeness (QED) is 0.659. The lowest BCUT2D eigenvalue weighted by molar-refractivity contribution is -0.115. The number of carbonyl (C=O) groups is 1. The number of aryl methyl sites for hydroxylation is 1. The standard InChI is InChI=1S/C24H29N5O/c1-27-17-22(16-25-27)15-24(30)26-23-9-7-21(8-10-23)19-29-13-11-28(12-14-29)18-20-5-3-2-4-6-20/h2-10,16-17H,11-15,18-19H2,1H3,(H,26,30). The molecule has 2 heterocycles. The van der Waals surface area contributed by atoms with Crippen LogP contribution < -0.4 is 5.32 Å². The SMILES string of the molecule is Cn1cc(CC(=O)Nc2ccc(CN3CCN(Cc4ccccc4)CC3)cc2)cn1. The van der Waals surface area contributed by atoms with Crippen molar-refractivity contribution in [2.24, 2.45) is 7.05 Å². The number of carbonyl (C=O) groups excluding carboxylic acids is 1. The summed E-state index contributed by atoms with van der Waals surface area (Å²) in [6, 6.07) is 18.9. The second kappa shape index (κ2) is 9.69. The smallest absolute Gasteiger partial charge is 0.228 e. The van der Waals surface area contributed by atoms with Crippen molar-refractivity contribution >= 4 is 11.6 Å². The van der Waals surface area contributed by atoms with E-state index in [9.17, 15) is 4.79 Å². The van der Waals surface area contributed by atoms with Crippen LogP contribution in [0.25, 0.3) is 0 Å². The molecule has 0 unspecified atom stereocenters. The Morgan fingerprint density at radius 1 is 0.867 bits per heavy atom. The van der Waals surface area contributed by atoms with Gasteiger partial charge in [-0.3, -0.25) is 19.3 Å². The number of amides is 1. The molecule has 0 bridgehead atoms. The second-order valence-electron chi connectivity index (χ2n) is 7.98. The molecule has 0 saturated carbocycles. The van der Waals surface area contributed by atoms with Gasteiger partial charge in [0.05, 0.1) is 12.6 Å². The second-order valence-corrected chi connectivity index (χ2v) is 7.98. The minimum Gasteiger partial charge on any atom is -0.326 e. The van der Waals surface area contributed by atoms with Gasteiger partial charge in [0, 0.05) is 58.2 Å². The molecule has 0 spiro atoms. The van der Waals surface area contributed by atoms with Gasteiger partial charge in [-0.25, -0.2) is 0 Å². The van der Waals surface area contributed by atoms with E-state index in [2.05, 4.69) is 62.7 Å². The van der Waals surface area contributed by atoms with E-state index in [0.29, 0.717) is 6.42 Å². The van der Waals surface area contributed by atoms with Crippen molar-refractivity contribution in [2.45, 2.75) is 19.5 Å². The highest BCUT2D eigenvalue weighted by Gasteiger charge is 2.17. The lowest BCUT2D eigenvalue weighted by atomic mass is 10.1. The maximum atomic E-state index is 12.2. The molecule has 6 heteroatoms. The third-order valence-electron chi connectivity index (χ3n) is 5.48. The lowest BCUT2D eigenvalue weighted by Crippen LogP contribution is -2.45. The highest BCUT2D eigenvalue weighted by molar-refractivity contribution is 5.92. The van der Waals surface area contributed by atoms with Crippen molar-refractivity contribution in [3.63, 3.8) is 0 Å². The zero-order chi connectivity index (χ0) is 20.8. The van der Waals surface area contributed by atoms with Crippen LogP contribution in [0.1, 0.15) is 16.7 Å². The van der Waals surface area contributed by atoms with E-state index in [4.69, 9.17) is 0 Å². The van der Waals surface area contributed by atoms with Gasteiger partial charge in [-0.2, -0.15) is 5.10 Å². The molecule has 156 valence electrons. The Morgan fingerprint density at radius 3 is 2.03 bits per heavy atom. The van der Waals surface area contributed by atoms with Crippen molar-refractivity contribution in [3.05, 3.63) is 83.7 Å². The first-order valence-corrected chi connectivity index (χ1v) is 10.5. The summed E-state index contributed by atoms with van der Waals surface area (Å²) in [5, 5.41) is 7.06. The van der Waals surface area contributed by atoms with E-state index in [1.807, 2.05) is 25.4 Å². The summed E-state index contributed by atoms with van der Waals surface area (Å²) in [6.07, 6.45) is 3.92. The van der Waals surface area contributed by atoms with Gasteiger partial charge in [-0.1, -0.05) is 42.5 Å². The van der Waals surface area contributed by atoms with Crippen LogP contribution in [-0.4, -0.2) is 51.7 Å². The number of benzene rings is 2. The third kappa shape index (κ3) is 5.78. The van der Waals surface area contributed by atoms with E-state index in [1.54, 1.807) is 10.9 Å². The Balaban J connectivity index is 1.21. The van der Waals surface area contributed by atoms with Gasteiger partial charge in [-0.05, 0) is 28.8 Å². The van der Waals surface area contributed by atoms with Crippen LogP contribution in [0.4, 0.5) is 5.69 Å². The van der Waals surface area contributed by atoms with E-state index in [0.717, 1.165) is 50.5 Å². The summed E-state index contributed by atoms with van der Waals surface area (Å²) < 4.78 is 1.71. The lowest BCUT2D eigenvalue weighted by Gasteiger charge is -2.34. The molecule has 0 radical (unpaired) electrons. The molecular formula is C24H29N5O. The maximum absolute atomic E-state index is 12.2. The van der Waals surface area contributed by atoms with Crippen LogP contribution in [0.2, 0.25) is 0 Å². The largest absolute Gasteiger partial charge is 0.326 e. The molecule has 2 aromatic carbocycles. The Morgan fingerprint density at radius 2 is 1.47 bits per heavy atom. The van der Waals surface area contributed by atoms with Crippen molar-refractivity contribution in [1.82, 2.24) is 19.6 Å². The first-order valence-electron chi connectivity index (χ1n) is 10.5. The van der Waals surface area contributed by atoms with Crippen molar-refractivity contribution < 1.29 is 4.79 Å². The molecule has 1 N–H and O–H groups in total. The number of rotatable bonds is 7. The van der Waals surface area contributed by atoms with Gasteiger partial charge < -0.3 is 5.32 Å². The molecule has 1 saturated heterocycles. The Labute approximate surface area is 178 Å². The van der Waals surface area contributed by atoms with Crippen LogP contribution in [0.5, 0.6) is 0 Å². The van der Waals surface area contributed by atoms with Gasteiger partial charge in [0.25, 0.3) is 0 Å². The fourth-order valence-corrected chi connectivity index (χ4v) is 3.85. The summed E-state index contributed by atoms with van der Waals surface area (Å²) in [6.45, 7) is 6.33. The molecule has 1 amide bonds. The van der Waals surface area contributed by atoms with Crippen molar-refractivity contribution in [3.8, 4) is 0 Å². The van der Waals surface area contributed by atoms with E-state index in [1.165, 1.54) is 11.1 Å². The van der Waals surface area contributed by atoms with Crippen LogP contribution in [0.15, 0.2) is 67.0 Å². The summed E-state index contributed by atoms with van der Waals surface area (Å²) in [5.41, 5.74) is 4.40. The summed E-state index contributed by atoms with van der Waals surface area (Å²) in [4.78, 5) is 17.2. The van der Waals surface area contributed by atoms with Gasteiger partial charge in [-0.15, -0.1) is 0 Å². The minimum atomic E-state index is -0.0229. The van der Waals surface area contributed by atoms with Crippen LogP contribution >= 0.6 is 0 Å². The first-order chi connectivity index (χ1) is 14.6. The molecule has 30 heavy (non-hydrogen) atoms. The Bertz CT molecular complexity index is 943. The average Bonchev–Trinajstić information content (AvgIpc) is 3.16. The van der Waals surface area contributed by atoms with Gasteiger partial charge in [0.2, 0.25) is 5.91 Å². The number of aromatic nitrogens is 2. The van der Waals surface area contributed by atoms with Crippen molar-refractivity contribution in [1.29, 1.82) is 0 Å². The topological polar surface area (TPSA) is 53.4 Å². The predicted molar refractivity (Wildman–Crippen MR) is 119 cm³/mol. The summed E-state index contributed by atoms with van der Waals surface area (Å²) in [5.74, 6) is -0.0229. The third-order valence-corrected chi connectivity index (χ3v) is 5.48. The van der Waals surface area contributed by atoms with Crippen LogP contribution in [0.3, 0.4) is 0 Å².